The van der Waals surface area contributed by atoms with Crippen LogP contribution in [0.3, 0.4) is 0 Å². The number of hydrogen-bond acceptors (Lipinski definition) is 3. The smallest absolute Gasteiger partial charge is 0.119 e. The summed E-state index contributed by atoms with van der Waals surface area (Å²) in [5, 5.41) is 3.63. The normalized spacial score (nSPS) is 12.2. The van der Waals surface area contributed by atoms with Gasteiger partial charge in [0.1, 0.15) is 5.75 Å². The van der Waals surface area contributed by atoms with E-state index in [9.17, 15) is 0 Å². The third kappa shape index (κ3) is 5.52. The third-order valence-corrected chi connectivity index (χ3v) is 3.33. The average Bonchev–Trinajstić information content (AvgIpc) is 2.45. The predicted octanol–water partition coefficient (Wildman–Crippen LogP) is 3.30. The first-order valence-corrected chi connectivity index (χ1v) is 7.29. The van der Waals surface area contributed by atoms with Gasteiger partial charge in [-0.2, -0.15) is 0 Å². The first kappa shape index (κ1) is 15.8. The summed E-state index contributed by atoms with van der Waals surface area (Å²) < 4.78 is 5.19. The minimum absolute atomic E-state index is 0.567. The molecule has 0 aliphatic carbocycles. The molecule has 19 heavy (non-hydrogen) atoms. The average molecular weight is 264 g/mol. The molecule has 1 aromatic carbocycles. The molecule has 1 rings (SSSR count). The fourth-order valence-corrected chi connectivity index (χ4v) is 2.23. The van der Waals surface area contributed by atoms with E-state index in [0.29, 0.717) is 6.04 Å². The van der Waals surface area contributed by atoms with Gasteiger partial charge in [0.2, 0.25) is 0 Å². The van der Waals surface area contributed by atoms with E-state index in [1.165, 1.54) is 24.9 Å². The van der Waals surface area contributed by atoms with Crippen LogP contribution >= 0.6 is 0 Å². The van der Waals surface area contributed by atoms with Crippen LogP contribution in [0.25, 0.3) is 0 Å². The zero-order valence-electron chi connectivity index (χ0n) is 12.8. The second-order valence-electron chi connectivity index (χ2n) is 5.02. The number of nitrogens with one attached hydrogen (secondary N) is 1. The summed E-state index contributed by atoms with van der Waals surface area (Å²) in [6, 6.07) is 8.82. The molecule has 0 heterocycles. The molecule has 0 saturated heterocycles. The topological polar surface area (TPSA) is 24.5 Å². The van der Waals surface area contributed by atoms with Gasteiger partial charge in [-0.05, 0) is 43.7 Å². The molecule has 0 saturated carbocycles. The molecule has 0 spiro atoms. The molecule has 1 atom stereocenters. The fourth-order valence-electron chi connectivity index (χ4n) is 2.23. The number of rotatable bonds is 9. The second-order valence-corrected chi connectivity index (χ2v) is 5.02. The van der Waals surface area contributed by atoms with E-state index < -0.39 is 0 Å². The minimum atomic E-state index is 0.567. The van der Waals surface area contributed by atoms with E-state index >= 15 is 0 Å². The van der Waals surface area contributed by atoms with Gasteiger partial charge >= 0.3 is 0 Å². The summed E-state index contributed by atoms with van der Waals surface area (Å²) in [5.41, 5.74) is 1.24. The van der Waals surface area contributed by atoms with Crippen molar-refractivity contribution in [2.75, 3.05) is 32.1 Å². The minimum Gasteiger partial charge on any atom is -0.497 e. The van der Waals surface area contributed by atoms with Crippen molar-refractivity contribution in [1.29, 1.82) is 0 Å². The van der Waals surface area contributed by atoms with Crippen molar-refractivity contribution in [2.45, 2.75) is 39.2 Å². The zero-order valence-corrected chi connectivity index (χ0v) is 12.8. The molecule has 108 valence electrons. The van der Waals surface area contributed by atoms with Gasteiger partial charge in [-0.15, -0.1) is 0 Å². The monoisotopic (exact) mass is 264 g/mol. The van der Waals surface area contributed by atoms with Crippen LogP contribution in [-0.4, -0.2) is 33.3 Å². The quantitative estimate of drug-likeness (QED) is 0.740. The Balaban J connectivity index is 2.55. The Morgan fingerprint density at radius 2 is 1.84 bits per heavy atom. The Bertz CT molecular complexity index is 337. The Kier molecular flexibility index (Phi) is 7.34. The van der Waals surface area contributed by atoms with Crippen molar-refractivity contribution in [1.82, 2.24) is 5.32 Å². The van der Waals surface area contributed by atoms with Gasteiger partial charge in [0, 0.05) is 25.3 Å². The van der Waals surface area contributed by atoms with Crippen molar-refractivity contribution < 1.29 is 4.74 Å². The van der Waals surface area contributed by atoms with E-state index in [-0.39, 0.29) is 0 Å². The summed E-state index contributed by atoms with van der Waals surface area (Å²) in [6.45, 7) is 6.60. The van der Waals surface area contributed by atoms with Crippen LogP contribution in [0.15, 0.2) is 24.3 Å². The lowest BCUT2D eigenvalue weighted by atomic mass is 10.1. The molecule has 0 radical (unpaired) electrons. The highest BCUT2D eigenvalue weighted by Gasteiger charge is 2.10. The van der Waals surface area contributed by atoms with E-state index in [1.807, 2.05) is 12.1 Å². The molecule has 0 amide bonds. The largest absolute Gasteiger partial charge is 0.497 e. The molecule has 1 N–H and O–H groups in total. The first-order valence-electron chi connectivity index (χ1n) is 7.29. The first-order chi connectivity index (χ1) is 9.21. The molecule has 0 aliphatic rings. The summed E-state index contributed by atoms with van der Waals surface area (Å²) >= 11 is 0. The molecule has 3 heteroatoms. The van der Waals surface area contributed by atoms with E-state index in [0.717, 1.165) is 18.8 Å². The van der Waals surface area contributed by atoms with Crippen molar-refractivity contribution in [3.05, 3.63) is 24.3 Å². The highest BCUT2D eigenvalue weighted by atomic mass is 16.5. The van der Waals surface area contributed by atoms with Crippen molar-refractivity contribution in [3.8, 4) is 5.75 Å². The number of anilines is 1. The maximum absolute atomic E-state index is 5.19. The van der Waals surface area contributed by atoms with Crippen molar-refractivity contribution in [3.63, 3.8) is 0 Å². The molecular weight excluding hydrogens is 236 g/mol. The van der Waals surface area contributed by atoms with Crippen molar-refractivity contribution >= 4 is 5.69 Å². The molecule has 0 aromatic heterocycles. The standard InChI is InChI=1S/C16H28N2O/c1-5-7-14(17-12-6-2)13-18(3)15-8-10-16(19-4)11-9-15/h8-11,14,17H,5-7,12-13H2,1-4H3. The molecular formula is C16H28N2O. The molecule has 1 unspecified atom stereocenters. The lowest BCUT2D eigenvalue weighted by molar-refractivity contribution is 0.415. The highest BCUT2D eigenvalue weighted by Crippen LogP contribution is 2.18. The van der Waals surface area contributed by atoms with Crippen LogP contribution in [-0.2, 0) is 0 Å². The Labute approximate surface area is 118 Å². The number of methoxy groups -OCH3 is 1. The summed E-state index contributed by atoms with van der Waals surface area (Å²) in [6.07, 6.45) is 3.63. The summed E-state index contributed by atoms with van der Waals surface area (Å²) in [4.78, 5) is 2.31. The van der Waals surface area contributed by atoms with E-state index in [1.54, 1.807) is 7.11 Å². The number of ether oxygens (including phenoxy) is 1. The van der Waals surface area contributed by atoms with Crippen LogP contribution in [0.1, 0.15) is 33.1 Å². The van der Waals surface area contributed by atoms with Crippen molar-refractivity contribution in [2.24, 2.45) is 0 Å². The van der Waals surface area contributed by atoms with E-state index in [4.69, 9.17) is 4.74 Å². The van der Waals surface area contributed by atoms with Gasteiger partial charge in [-0.3, -0.25) is 0 Å². The molecule has 1 aromatic rings. The van der Waals surface area contributed by atoms with Crippen LogP contribution < -0.4 is 15.0 Å². The highest BCUT2D eigenvalue weighted by molar-refractivity contribution is 5.48. The zero-order chi connectivity index (χ0) is 14.1. The van der Waals surface area contributed by atoms with Crippen LogP contribution in [0.4, 0.5) is 5.69 Å². The number of hydrogen-bond donors (Lipinski definition) is 1. The summed E-state index contributed by atoms with van der Waals surface area (Å²) in [7, 11) is 3.85. The third-order valence-electron chi connectivity index (χ3n) is 3.33. The number of benzene rings is 1. The fraction of sp³-hybridized carbons (Fsp3) is 0.625. The molecule has 3 nitrogen and oxygen atoms in total. The second kappa shape index (κ2) is 8.81. The Morgan fingerprint density at radius 1 is 1.16 bits per heavy atom. The predicted molar refractivity (Wildman–Crippen MR) is 83.3 cm³/mol. The van der Waals surface area contributed by atoms with Gasteiger partial charge in [0.15, 0.2) is 0 Å². The lowest BCUT2D eigenvalue weighted by Crippen LogP contribution is -2.39. The van der Waals surface area contributed by atoms with Gasteiger partial charge in [0.05, 0.1) is 7.11 Å². The lowest BCUT2D eigenvalue weighted by Gasteiger charge is -2.26. The van der Waals surface area contributed by atoms with Crippen LogP contribution in [0.2, 0.25) is 0 Å². The number of likely N-dealkylation sites (N-methyl/N-ethyl adjacent to an activating group) is 1. The Morgan fingerprint density at radius 3 is 2.37 bits per heavy atom. The van der Waals surface area contributed by atoms with Crippen LogP contribution in [0, 0.1) is 0 Å². The summed E-state index contributed by atoms with van der Waals surface area (Å²) in [5.74, 6) is 0.909. The van der Waals surface area contributed by atoms with Gasteiger partial charge in [-0.1, -0.05) is 20.3 Å². The van der Waals surface area contributed by atoms with Gasteiger partial charge in [-0.25, -0.2) is 0 Å². The van der Waals surface area contributed by atoms with E-state index in [2.05, 4.69) is 43.2 Å². The maximum Gasteiger partial charge on any atom is 0.119 e. The molecule has 0 fully saturated rings. The van der Waals surface area contributed by atoms with Gasteiger partial charge in [0.25, 0.3) is 0 Å². The van der Waals surface area contributed by atoms with Gasteiger partial charge < -0.3 is 15.0 Å². The molecule has 0 bridgehead atoms. The Hall–Kier alpha value is -1.22. The van der Waals surface area contributed by atoms with Crippen LogP contribution in [0.5, 0.6) is 5.75 Å². The SMILES string of the molecule is CCCNC(CCC)CN(C)c1ccc(OC)cc1. The maximum atomic E-state index is 5.19. The number of nitrogens with zero attached hydrogens (tertiary/aromatic N) is 1. The molecule has 0 aliphatic heterocycles.